The highest BCUT2D eigenvalue weighted by Gasteiger charge is 2.34. The molecule has 0 spiro atoms. The summed E-state index contributed by atoms with van der Waals surface area (Å²) in [5.74, 6) is -0.426. The molecule has 3 aromatic rings. The van der Waals surface area contributed by atoms with E-state index in [9.17, 15) is 14.7 Å². The van der Waals surface area contributed by atoms with Crippen molar-refractivity contribution in [1.29, 1.82) is 0 Å². The highest BCUT2D eigenvalue weighted by molar-refractivity contribution is 6.08. The number of carbonyl (C=O) groups excluding carboxylic acids is 2. The summed E-state index contributed by atoms with van der Waals surface area (Å²) in [4.78, 5) is 30.7. The van der Waals surface area contributed by atoms with E-state index in [1.165, 1.54) is 12.0 Å². The van der Waals surface area contributed by atoms with Crippen LogP contribution in [0.15, 0.2) is 58.2 Å². The largest absolute Gasteiger partial charge is 0.466 e. The minimum Gasteiger partial charge on any atom is -0.466 e. The Hall–Kier alpha value is -3.65. The Morgan fingerprint density at radius 2 is 2.10 bits per heavy atom. The third-order valence-corrected chi connectivity index (χ3v) is 4.98. The molecule has 154 valence electrons. The van der Waals surface area contributed by atoms with Crippen LogP contribution in [0.4, 0.5) is 5.69 Å². The number of fused-ring (bicyclic) bond motifs is 1. The van der Waals surface area contributed by atoms with Crippen LogP contribution in [0.1, 0.15) is 5.56 Å². The average molecular weight is 407 g/mol. The van der Waals surface area contributed by atoms with Gasteiger partial charge in [0.15, 0.2) is 5.58 Å². The number of amides is 1. The van der Waals surface area contributed by atoms with Crippen LogP contribution in [-0.2, 0) is 14.3 Å². The molecule has 0 radical (unpaired) electrons. The molecule has 1 aliphatic heterocycles. The molecular formula is C22H21N3O5. The number of aromatic nitrogens is 1. The predicted molar refractivity (Wildman–Crippen MR) is 111 cm³/mol. The minimum atomic E-state index is -0.577. The summed E-state index contributed by atoms with van der Waals surface area (Å²) in [5, 5.41) is 12.2. The van der Waals surface area contributed by atoms with E-state index in [4.69, 9.17) is 9.15 Å². The van der Waals surface area contributed by atoms with Gasteiger partial charge in [0.1, 0.15) is 11.2 Å². The van der Waals surface area contributed by atoms with Crippen molar-refractivity contribution in [2.24, 2.45) is 0 Å². The Morgan fingerprint density at radius 3 is 2.80 bits per heavy atom. The first-order valence-electron chi connectivity index (χ1n) is 9.47. The molecule has 0 atom stereocenters. The molecule has 1 amide bonds. The number of β-amino-alcohol motifs (C(OH)–C–C–N with tert-alkyl or cyclic N) is 1. The number of esters is 1. The molecule has 0 saturated carbocycles. The number of anilines is 1. The molecule has 4 rings (SSSR count). The van der Waals surface area contributed by atoms with E-state index in [0.717, 1.165) is 16.6 Å². The maximum atomic E-state index is 12.7. The van der Waals surface area contributed by atoms with Crippen LogP contribution in [0, 0.1) is 6.92 Å². The van der Waals surface area contributed by atoms with Crippen LogP contribution in [0.5, 0.6) is 0 Å². The van der Waals surface area contributed by atoms with Gasteiger partial charge in [-0.25, -0.2) is 9.78 Å². The molecule has 8 heteroatoms. The van der Waals surface area contributed by atoms with Gasteiger partial charge >= 0.3 is 5.97 Å². The monoisotopic (exact) mass is 407 g/mol. The van der Waals surface area contributed by atoms with Gasteiger partial charge in [0.25, 0.3) is 5.91 Å². The van der Waals surface area contributed by atoms with Gasteiger partial charge in [0.05, 0.1) is 25.8 Å². The van der Waals surface area contributed by atoms with Crippen LogP contribution in [-0.4, -0.2) is 53.7 Å². The zero-order valence-corrected chi connectivity index (χ0v) is 16.6. The minimum absolute atomic E-state index is 0.0917. The lowest BCUT2D eigenvalue weighted by molar-refractivity contribution is -0.136. The van der Waals surface area contributed by atoms with E-state index in [1.54, 1.807) is 0 Å². The molecule has 2 N–H and O–H groups in total. The number of methoxy groups -OCH3 is 1. The molecule has 1 aromatic heterocycles. The molecule has 1 aliphatic rings. The van der Waals surface area contributed by atoms with Crippen molar-refractivity contribution in [3.63, 3.8) is 0 Å². The number of rotatable bonds is 6. The summed E-state index contributed by atoms with van der Waals surface area (Å²) in [6.45, 7) is 1.93. The third-order valence-electron chi connectivity index (χ3n) is 4.98. The molecule has 0 saturated heterocycles. The number of aliphatic hydroxyl groups is 1. The van der Waals surface area contributed by atoms with E-state index in [1.807, 2.05) is 49.4 Å². The smallest absolute Gasteiger partial charge is 0.337 e. The summed E-state index contributed by atoms with van der Waals surface area (Å²) in [5.41, 5.74) is 4.20. The van der Waals surface area contributed by atoms with Gasteiger partial charge < -0.3 is 24.5 Å². The highest BCUT2D eigenvalue weighted by atomic mass is 16.5. The lowest BCUT2D eigenvalue weighted by atomic mass is 10.1. The van der Waals surface area contributed by atoms with E-state index in [-0.39, 0.29) is 36.9 Å². The van der Waals surface area contributed by atoms with Crippen molar-refractivity contribution in [3.05, 3.63) is 59.3 Å². The fourth-order valence-corrected chi connectivity index (χ4v) is 3.42. The van der Waals surface area contributed by atoms with Crippen molar-refractivity contribution < 1.29 is 23.8 Å². The van der Waals surface area contributed by atoms with Crippen molar-refractivity contribution in [3.8, 4) is 11.5 Å². The van der Waals surface area contributed by atoms with E-state index in [2.05, 4.69) is 10.3 Å². The van der Waals surface area contributed by atoms with E-state index >= 15 is 0 Å². The summed E-state index contributed by atoms with van der Waals surface area (Å²) < 4.78 is 10.6. The third kappa shape index (κ3) is 3.53. The Balaban J connectivity index is 1.64. The Morgan fingerprint density at radius 1 is 1.30 bits per heavy atom. The van der Waals surface area contributed by atoms with Crippen LogP contribution in [0.2, 0.25) is 0 Å². The second-order valence-electron chi connectivity index (χ2n) is 6.94. The predicted octanol–water partition coefficient (Wildman–Crippen LogP) is 2.48. The normalized spacial score (nSPS) is 14.0. The number of nitrogens with one attached hydrogen (secondary N) is 1. The molecule has 8 nitrogen and oxygen atoms in total. The maximum Gasteiger partial charge on any atom is 0.337 e. The van der Waals surface area contributed by atoms with Crippen LogP contribution in [0.25, 0.3) is 22.6 Å². The molecule has 0 fully saturated rings. The van der Waals surface area contributed by atoms with Crippen LogP contribution in [0.3, 0.4) is 0 Å². The number of hydrogen-bond acceptors (Lipinski definition) is 7. The van der Waals surface area contributed by atoms with E-state index < -0.39 is 5.97 Å². The summed E-state index contributed by atoms with van der Waals surface area (Å²) in [7, 11) is 1.27. The van der Waals surface area contributed by atoms with Crippen molar-refractivity contribution in [2.45, 2.75) is 6.92 Å². The van der Waals surface area contributed by atoms with Gasteiger partial charge in [-0.3, -0.25) is 4.79 Å². The van der Waals surface area contributed by atoms with Gasteiger partial charge in [0, 0.05) is 17.8 Å². The molecule has 2 aromatic carbocycles. The summed E-state index contributed by atoms with van der Waals surface area (Å²) in [6, 6.07) is 13.1. The highest BCUT2D eigenvalue weighted by Crippen LogP contribution is 2.29. The SMILES string of the molecule is COC(=O)C1=C(Nc2ccc(-c3nc4ccccc4o3)cc2C)C(=O)N(CCO)C1. The van der Waals surface area contributed by atoms with Gasteiger partial charge in [-0.2, -0.15) is 0 Å². The van der Waals surface area contributed by atoms with Gasteiger partial charge in [-0.05, 0) is 42.8 Å². The number of oxazole rings is 1. The fourth-order valence-electron chi connectivity index (χ4n) is 3.42. The second kappa shape index (κ2) is 8.00. The maximum absolute atomic E-state index is 12.7. The van der Waals surface area contributed by atoms with Crippen LogP contribution < -0.4 is 5.32 Å². The first-order valence-corrected chi connectivity index (χ1v) is 9.47. The van der Waals surface area contributed by atoms with Crippen molar-refractivity contribution in [2.75, 3.05) is 32.1 Å². The van der Waals surface area contributed by atoms with E-state index in [0.29, 0.717) is 17.2 Å². The number of para-hydroxylation sites is 2. The topological polar surface area (TPSA) is 105 Å². The number of aryl methyl sites for hydroxylation is 1. The number of ether oxygens (including phenoxy) is 1. The number of aliphatic hydroxyl groups excluding tert-OH is 1. The molecule has 2 heterocycles. The van der Waals surface area contributed by atoms with Crippen LogP contribution >= 0.6 is 0 Å². The van der Waals surface area contributed by atoms with Crippen molar-refractivity contribution in [1.82, 2.24) is 9.88 Å². The number of benzene rings is 2. The Kier molecular flexibility index (Phi) is 5.24. The van der Waals surface area contributed by atoms with Gasteiger partial charge in [0.2, 0.25) is 5.89 Å². The number of hydrogen-bond donors (Lipinski definition) is 2. The van der Waals surface area contributed by atoms with Gasteiger partial charge in [-0.1, -0.05) is 12.1 Å². The Bertz CT molecular complexity index is 1130. The Labute approximate surface area is 172 Å². The number of carbonyl (C=O) groups is 2. The fraction of sp³-hybridized carbons (Fsp3) is 0.227. The zero-order chi connectivity index (χ0) is 21.3. The first-order chi connectivity index (χ1) is 14.5. The lowest BCUT2D eigenvalue weighted by Crippen LogP contribution is -2.31. The molecule has 0 bridgehead atoms. The molecular weight excluding hydrogens is 386 g/mol. The number of nitrogens with zero attached hydrogens (tertiary/aromatic N) is 2. The average Bonchev–Trinajstić information content (AvgIpc) is 3.31. The lowest BCUT2D eigenvalue weighted by Gasteiger charge is -2.15. The van der Waals surface area contributed by atoms with Crippen molar-refractivity contribution >= 4 is 28.7 Å². The molecule has 0 unspecified atom stereocenters. The molecule has 30 heavy (non-hydrogen) atoms. The summed E-state index contributed by atoms with van der Waals surface area (Å²) in [6.07, 6.45) is 0. The standard InChI is InChI=1S/C22H21N3O5/c1-13-11-14(20-24-17-5-3-4-6-18(17)30-20)7-8-16(13)23-19-15(22(28)29-2)12-25(9-10-26)21(19)27/h3-8,11,23,26H,9-10,12H2,1-2H3. The second-order valence-corrected chi connectivity index (χ2v) is 6.94. The molecule has 0 aliphatic carbocycles. The summed E-state index contributed by atoms with van der Waals surface area (Å²) >= 11 is 0. The quantitative estimate of drug-likeness (QED) is 0.605. The first kappa shape index (κ1) is 19.7. The van der Waals surface area contributed by atoms with Gasteiger partial charge in [-0.15, -0.1) is 0 Å². The zero-order valence-electron chi connectivity index (χ0n) is 16.6.